The summed E-state index contributed by atoms with van der Waals surface area (Å²) in [4.78, 5) is 13.6. The van der Waals surface area contributed by atoms with E-state index in [1.807, 2.05) is 43.3 Å². The van der Waals surface area contributed by atoms with Gasteiger partial charge >= 0.3 is 6.09 Å². The fourth-order valence-corrected chi connectivity index (χ4v) is 2.91. The van der Waals surface area contributed by atoms with Crippen molar-refractivity contribution in [2.24, 2.45) is 0 Å². The predicted octanol–water partition coefficient (Wildman–Crippen LogP) is 3.66. The van der Waals surface area contributed by atoms with Gasteiger partial charge in [-0.1, -0.05) is 60.7 Å². The van der Waals surface area contributed by atoms with Crippen LogP contribution in [0.5, 0.6) is 0 Å². The second-order valence-electron chi connectivity index (χ2n) is 5.26. The molecule has 1 aliphatic heterocycles. The topological polar surface area (TPSA) is 29.5 Å². The minimum atomic E-state index is -0.209. The van der Waals surface area contributed by atoms with Crippen LogP contribution in [0.2, 0.25) is 0 Å². The lowest BCUT2D eigenvalue weighted by atomic mass is 9.86. The molecule has 0 aromatic heterocycles. The number of hydrogen-bond acceptors (Lipinski definition) is 2. The highest BCUT2D eigenvalue weighted by atomic mass is 16.6. The molecule has 1 heterocycles. The normalized spacial score (nSPS) is 18.1. The fourth-order valence-electron chi connectivity index (χ4n) is 2.91. The van der Waals surface area contributed by atoms with Crippen LogP contribution < -0.4 is 0 Å². The van der Waals surface area contributed by atoms with Gasteiger partial charge in [0.1, 0.15) is 6.10 Å². The molecule has 1 atom stereocenters. The minimum absolute atomic E-state index is 0.0768. The van der Waals surface area contributed by atoms with E-state index < -0.39 is 0 Å². The summed E-state index contributed by atoms with van der Waals surface area (Å²) >= 11 is 0. The Bertz CT molecular complexity index is 558. The molecule has 1 aliphatic rings. The van der Waals surface area contributed by atoms with E-state index in [2.05, 4.69) is 24.3 Å². The van der Waals surface area contributed by atoms with Crippen LogP contribution in [0.4, 0.5) is 4.79 Å². The van der Waals surface area contributed by atoms with E-state index in [9.17, 15) is 4.79 Å². The van der Waals surface area contributed by atoms with E-state index in [0.717, 1.165) is 0 Å². The lowest BCUT2D eigenvalue weighted by Crippen LogP contribution is -2.27. The largest absolute Gasteiger partial charge is 0.443 e. The van der Waals surface area contributed by atoms with Crippen LogP contribution in [0, 0.1) is 0 Å². The van der Waals surface area contributed by atoms with E-state index in [1.54, 1.807) is 4.90 Å². The summed E-state index contributed by atoms with van der Waals surface area (Å²) in [6.45, 7) is 3.30. The monoisotopic (exact) mass is 281 g/mol. The van der Waals surface area contributed by atoms with E-state index in [0.29, 0.717) is 13.1 Å². The number of carbonyl (C=O) groups is 1. The highest BCUT2D eigenvalue weighted by Gasteiger charge is 2.37. The van der Waals surface area contributed by atoms with Crippen molar-refractivity contribution in [2.75, 3.05) is 13.1 Å². The standard InChI is InChI=1S/C18H19NO2/c1-2-19-13-16(21-18(19)20)17(14-9-5-3-6-10-14)15-11-7-4-8-12-15/h3-12,16-17H,2,13H2,1H3. The SMILES string of the molecule is CCN1CC(C(c2ccccc2)c2ccccc2)OC1=O. The van der Waals surface area contributed by atoms with Crippen LogP contribution in [0.3, 0.4) is 0 Å². The molecule has 0 aliphatic carbocycles. The van der Waals surface area contributed by atoms with Gasteiger partial charge in [0, 0.05) is 12.5 Å². The average Bonchev–Trinajstić information content (AvgIpc) is 2.90. The van der Waals surface area contributed by atoms with Gasteiger partial charge < -0.3 is 9.64 Å². The molecule has 2 aromatic carbocycles. The van der Waals surface area contributed by atoms with Gasteiger partial charge in [0.15, 0.2) is 0 Å². The molecule has 3 heteroatoms. The number of benzene rings is 2. The second-order valence-corrected chi connectivity index (χ2v) is 5.26. The molecule has 1 saturated heterocycles. The van der Waals surface area contributed by atoms with Gasteiger partial charge in [0.25, 0.3) is 0 Å². The lowest BCUT2D eigenvalue weighted by Gasteiger charge is -2.23. The molecule has 2 aromatic rings. The van der Waals surface area contributed by atoms with E-state index in [-0.39, 0.29) is 18.1 Å². The third kappa shape index (κ3) is 2.77. The lowest BCUT2D eigenvalue weighted by molar-refractivity contribution is 0.126. The third-order valence-electron chi connectivity index (χ3n) is 3.98. The number of ether oxygens (including phenoxy) is 1. The average molecular weight is 281 g/mol. The maximum Gasteiger partial charge on any atom is 0.410 e. The summed E-state index contributed by atoms with van der Waals surface area (Å²) < 4.78 is 5.62. The molecule has 0 saturated carbocycles. The summed E-state index contributed by atoms with van der Waals surface area (Å²) in [5, 5.41) is 0. The van der Waals surface area contributed by atoms with Gasteiger partial charge in [0.2, 0.25) is 0 Å². The summed E-state index contributed by atoms with van der Waals surface area (Å²) in [5.74, 6) is 0.0768. The number of hydrogen-bond donors (Lipinski definition) is 0. The van der Waals surface area contributed by atoms with Gasteiger partial charge in [-0.3, -0.25) is 0 Å². The first-order valence-corrected chi connectivity index (χ1v) is 7.35. The van der Waals surface area contributed by atoms with Gasteiger partial charge in [-0.2, -0.15) is 0 Å². The van der Waals surface area contributed by atoms with Gasteiger partial charge in [0.05, 0.1) is 6.54 Å². The number of amides is 1. The molecule has 0 N–H and O–H groups in total. The molecule has 1 fully saturated rings. The number of likely N-dealkylation sites (N-methyl/N-ethyl adjacent to an activating group) is 1. The molecule has 0 radical (unpaired) electrons. The molecule has 0 bridgehead atoms. The van der Waals surface area contributed by atoms with Gasteiger partial charge in [-0.25, -0.2) is 4.79 Å². The van der Waals surface area contributed by atoms with Gasteiger partial charge in [-0.05, 0) is 18.1 Å². The van der Waals surface area contributed by atoms with E-state index >= 15 is 0 Å². The van der Waals surface area contributed by atoms with Crippen LogP contribution in [0.15, 0.2) is 60.7 Å². The highest BCUT2D eigenvalue weighted by molar-refractivity contribution is 5.70. The first kappa shape index (κ1) is 13.7. The molecular weight excluding hydrogens is 262 g/mol. The van der Waals surface area contributed by atoms with Crippen molar-refractivity contribution in [2.45, 2.75) is 18.9 Å². The van der Waals surface area contributed by atoms with Crippen LogP contribution in [-0.4, -0.2) is 30.2 Å². The Hall–Kier alpha value is -2.29. The smallest absolute Gasteiger partial charge is 0.410 e. The Kier molecular flexibility index (Phi) is 3.91. The number of cyclic esters (lactones) is 1. The second kappa shape index (κ2) is 6.00. The minimum Gasteiger partial charge on any atom is -0.443 e. The summed E-state index contributed by atoms with van der Waals surface area (Å²) in [6, 6.07) is 20.5. The number of nitrogens with zero attached hydrogens (tertiary/aromatic N) is 1. The van der Waals surface area contributed by atoms with Crippen LogP contribution in [-0.2, 0) is 4.74 Å². The van der Waals surface area contributed by atoms with Gasteiger partial charge in [-0.15, -0.1) is 0 Å². The molecule has 108 valence electrons. The van der Waals surface area contributed by atoms with Crippen molar-refractivity contribution in [3.8, 4) is 0 Å². The van der Waals surface area contributed by atoms with Crippen molar-refractivity contribution >= 4 is 6.09 Å². The summed E-state index contributed by atoms with van der Waals surface area (Å²) in [5.41, 5.74) is 2.36. The molecule has 0 spiro atoms. The van der Waals surface area contributed by atoms with Crippen molar-refractivity contribution in [1.29, 1.82) is 0 Å². The quantitative estimate of drug-likeness (QED) is 0.856. The highest BCUT2D eigenvalue weighted by Crippen LogP contribution is 2.33. The van der Waals surface area contributed by atoms with Crippen molar-refractivity contribution in [1.82, 2.24) is 4.90 Å². The van der Waals surface area contributed by atoms with Crippen LogP contribution in [0.1, 0.15) is 24.0 Å². The third-order valence-corrected chi connectivity index (χ3v) is 3.98. The van der Waals surface area contributed by atoms with E-state index in [1.165, 1.54) is 11.1 Å². The fraction of sp³-hybridized carbons (Fsp3) is 0.278. The Balaban J connectivity index is 1.96. The number of rotatable bonds is 4. The Labute approximate surface area is 125 Å². The molecule has 21 heavy (non-hydrogen) atoms. The Morgan fingerprint density at radius 3 is 2.00 bits per heavy atom. The molecule has 3 nitrogen and oxygen atoms in total. The Morgan fingerprint density at radius 1 is 1.05 bits per heavy atom. The van der Waals surface area contributed by atoms with Crippen LogP contribution in [0.25, 0.3) is 0 Å². The van der Waals surface area contributed by atoms with E-state index in [4.69, 9.17) is 4.74 Å². The van der Waals surface area contributed by atoms with Crippen molar-refractivity contribution in [3.05, 3.63) is 71.8 Å². The maximum atomic E-state index is 11.9. The summed E-state index contributed by atoms with van der Waals surface area (Å²) in [7, 11) is 0. The first-order valence-electron chi connectivity index (χ1n) is 7.35. The van der Waals surface area contributed by atoms with Crippen molar-refractivity contribution < 1.29 is 9.53 Å². The maximum absolute atomic E-state index is 11.9. The Morgan fingerprint density at radius 2 is 1.57 bits per heavy atom. The first-order chi connectivity index (χ1) is 10.3. The summed E-state index contributed by atoms with van der Waals surface area (Å²) in [6.07, 6.45) is -0.346. The zero-order valence-corrected chi connectivity index (χ0v) is 12.1. The molecule has 1 unspecified atom stereocenters. The molecule has 3 rings (SSSR count). The van der Waals surface area contributed by atoms with Crippen molar-refractivity contribution in [3.63, 3.8) is 0 Å². The molecular formula is C18H19NO2. The zero-order chi connectivity index (χ0) is 14.7. The molecule has 1 amide bonds. The number of carbonyl (C=O) groups excluding carboxylic acids is 1. The predicted molar refractivity (Wildman–Crippen MR) is 82.2 cm³/mol. The van der Waals surface area contributed by atoms with Crippen LogP contribution >= 0.6 is 0 Å². The zero-order valence-electron chi connectivity index (χ0n) is 12.1.